The molecule has 0 bridgehead atoms. The van der Waals surface area contributed by atoms with Crippen LogP contribution in [0.2, 0.25) is 0 Å². The number of aryl methyl sites for hydroxylation is 1. The number of carbonyl (C=O) groups is 2. The molecule has 3 aromatic carbocycles. The summed E-state index contributed by atoms with van der Waals surface area (Å²) in [6.07, 6.45) is -2.73. The van der Waals surface area contributed by atoms with Crippen LogP contribution in [-0.4, -0.2) is 50.5 Å². The molecule has 9 nitrogen and oxygen atoms in total. The lowest BCUT2D eigenvalue weighted by atomic mass is 9.98. The Balaban J connectivity index is 1.17. The summed E-state index contributed by atoms with van der Waals surface area (Å²) in [6.45, 7) is 6.47. The first kappa shape index (κ1) is 30.8. The molecule has 1 N–H and O–H groups in total. The molecule has 0 aliphatic carbocycles. The number of amidine groups is 1. The minimum absolute atomic E-state index is 0.111. The molecule has 0 saturated carbocycles. The van der Waals surface area contributed by atoms with E-state index in [-0.39, 0.29) is 23.3 Å². The normalized spacial score (nSPS) is 14.5. The summed E-state index contributed by atoms with van der Waals surface area (Å²) < 4.78 is 42.5. The van der Waals surface area contributed by atoms with Crippen LogP contribution in [-0.2, 0) is 11.2 Å². The second-order valence-corrected chi connectivity index (χ2v) is 11.3. The van der Waals surface area contributed by atoms with Gasteiger partial charge in [0.1, 0.15) is 12.1 Å². The molecule has 5 rings (SSSR count). The standard InChI is InChI=1S/C31H29F3N6O3S/c1-19(2)25-16-20(3)4-13-26(25)40-27(41)17-44-30(40)37-29(42)35-15-14-21-5-7-22(8-6-21)28-36-18-39(38-28)23-9-11-24(12-10-23)43-31(32,33)34/h4-13,16,18-19H,14-15,17H2,1-3H3,(H,35,42). The maximum absolute atomic E-state index is 12.7. The van der Waals surface area contributed by atoms with E-state index < -0.39 is 12.4 Å². The van der Waals surface area contributed by atoms with Gasteiger partial charge in [-0.15, -0.1) is 18.3 Å². The van der Waals surface area contributed by atoms with Gasteiger partial charge in [-0.3, -0.25) is 9.69 Å². The van der Waals surface area contributed by atoms with Crippen molar-refractivity contribution in [3.63, 3.8) is 0 Å². The number of hydrogen-bond acceptors (Lipinski definition) is 6. The predicted molar refractivity (Wildman–Crippen MR) is 163 cm³/mol. The summed E-state index contributed by atoms with van der Waals surface area (Å²) in [6, 6.07) is 18.2. The van der Waals surface area contributed by atoms with E-state index in [1.165, 1.54) is 51.9 Å². The minimum atomic E-state index is -4.76. The van der Waals surface area contributed by atoms with Crippen molar-refractivity contribution in [1.29, 1.82) is 0 Å². The fourth-order valence-electron chi connectivity index (χ4n) is 4.60. The lowest BCUT2D eigenvalue weighted by molar-refractivity contribution is -0.274. The molecule has 0 unspecified atom stereocenters. The van der Waals surface area contributed by atoms with E-state index in [4.69, 9.17) is 0 Å². The molecule has 4 aromatic rings. The van der Waals surface area contributed by atoms with E-state index in [1.807, 2.05) is 43.3 Å². The van der Waals surface area contributed by atoms with Crippen LogP contribution in [0.1, 0.15) is 36.5 Å². The Morgan fingerprint density at radius 2 is 1.82 bits per heavy atom. The fourth-order valence-corrected chi connectivity index (χ4v) is 5.46. The van der Waals surface area contributed by atoms with E-state index in [2.05, 4.69) is 45.0 Å². The van der Waals surface area contributed by atoms with E-state index in [9.17, 15) is 22.8 Å². The zero-order valence-electron chi connectivity index (χ0n) is 24.1. The number of carbonyl (C=O) groups excluding carboxylic acids is 2. The highest BCUT2D eigenvalue weighted by Gasteiger charge is 2.32. The van der Waals surface area contributed by atoms with Crippen LogP contribution in [0.15, 0.2) is 78.0 Å². The largest absolute Gasteiger partial charge is 0.573 e. The maximum Gasteiger partial charge on any atom is 0.573 e. The molecular formula is C31H29F3N6O3S. The van der Waals surface area contributed by atoms with Gasteiger partial charge in [-0.2, -0.15) is 4.99 Å². The molecule has 44 heavy (non-hydrogen) atoms. The number of ether oxygens (including phenoxy) is 1. The van der Waals surface area contributed by atoms with Crippen LogP contribution >= 0.6 is 11.8 Å². The number of benzene rings is 3. The number of urea groups is 1. The second kappa shape index (κ2) is 12.9. The third-order valence-corrected chi connectivity index (χ3v) is 7.66. The highest BCUT2D eigenvalue weighted by atomic mass is 32.2. The molecule has 3 amide bonds. The van der Waals surface area contributed by atoms with Gasteiger partial charge in [0.2, 0.25) is 5.91 Å². The summed E-state index contributed by atoms with van der Waals surface area (Å²) in [4.78, 5) is 35.4. The quantitative estimate of drug-likeness (QED) is 0.236. The Labute approximate surface area is 256 Å². The minimum Gasteiger partial charge on any atom is -0.406 e. The average molecular weight is 623 g/mol. The van der Waals surface area contributed by atoms with Crippen LogP contribution in [0.25, 0.3) is 17.1 Å². The lowest BCUT2D eigenvalue weighted by Gasteiger charge is -2.22. The first-order chi connectivity index (χ1) is 21.0. The van der Waals surface area contributed by atoms with Crippen molar-refractivity contribution < 1.29 is 27.5 Å². The van der Waals surface area contributed by atoms with Gasteiger partial charge >= 0.3 is 12.4 Å². The number of aliphatic imine (C=N–C) groups is 1. The first-order valence-corrected chi connectivity index (χ1v) is 14.8. The summed E-state index contributed by atoms with van der Waals surface area (Å²) in [5.41, 5.74) is 5.11. The number of nitrogens with zero attached hydrogens (tertiary/aromatic N) is 5. The molecule has 1 saturated heterocycles. The SMILES string of the molecule is Cc1ccc(N2C(=O)CSC2=NC(=O)NCCc2ccc(-c3ncn(-c4ccc(OC(F)(F)F)cc4)n3)cc2)c(C(C)C)c1. The first-order valence-electron chi connectivity index (χ1n) is 13.8. The summed E-state index contributed by atoms with van der Waals surface area (Å²) in [5, 5.41) is 7.57. The van der Waals surface area contributed by atoms with Crippen LogP contribution in [0.5, 0.6) is 5.75 Å². The highest BCUT2D eigenvalue weighted by molar-refractivity contribution is 8.15. The smallest absolute Gasteiger partial charge is 0.406 e. The molecule has 228 valence electrons. The molecular weight excluding hydrogens is 593 g/mol. The Morgan fingerprint density at radius 3 is 2.50 bits per heavy atom. The Kier molecular flexibility index (Phi) is 9.04. The number of hydrogen-bond donors (Lipinski definition) is 1. The van der Waals surface area contributed by atoms with Crippen molar-refractivity contribution in [2.45, 2.75) is 39.5 Å². The van der Waals surface area contributed by atoms with Crippen LogP contribution in [0.3, 0.4) is 0 Å². The maximum atomic E-state index is 12.7. The molecule has 0 radical (unpaired) electrons. The number of alkyl halides is 3. The number of aromatic nitrogens is 3. The van der Waals surface area contributed by atoms with Gasteiger partial charge in [0, 0.05) is 12.1 Å². The van der Waals surface area contributed by atoms with Crippen LogP contribution < -0.4 is 15.0 Å². The molecule has 0 atom stereocenters. The summed E-state index contributed by atoms with van der Waals surface area (Å²) in [5.74, 6) is 0.426. The highest BCUT2D eigenvalue weighted by Crippen LogP contribution is 2.34. The van der Waals surface area contributed by atoms with Crippen molar-refractivity contribution in [2.24, 2.45) is 4.99 Å². The number of anilines is 1. The van der Waals surface area contributed by atoms with E-state index in [0.29, 0.717) is 29.6 Å². The third-order valence-electron chi connectivity index (χ3n) is 6.74. The topological polar surface area (TPSA) is 102 Å². The van der Waals surface area contributed by atoms with Gasteiger partial charge in [-0.05, 0) is 60.7 Å². The number of thioether (sulfide) groups is 1. The monoisotopic (exact) mass is 622 g/mol. The molecule has 1 aliphatic rings. The van der Waals surface area contributed by atoms with Gasteiger partial charge in [0.05, 0.1) is 17.1 Å². The molecule has 1 aliphatic heterocycles. The van der Waals surface area contributed by atoms with Gasteiger partial charge in [0.25, 0.3) is 0 Å². The third kappa shape index (κ3) is 7.46. The van der Waals surface area contributed by atoms with E-state index in [1.54, 1.807) is 0 Å². The summed E-state index contributed by atoms with van der Waals surface area (Å²) in [7, 11) is 0. The molecule has 1 aromatic heterocycles. The van der Waals surface area contributed by atoms with Gasteiger partial charge in [0.15, 0.2) is 11.0 Å². The van der Waals surface area contributed by atoms with Crippen molar-refractivity contribution in [3.8, 4) is 22.8 Å². The van der Waals surface area contributed by atoms with E-state index >= 15 is 0 Å². The number of amides is 3. The van der Waals surface area contributed by atoms with Crippen molar-refractivity contribution in [1.82, 2.24) is 20.1 Å². The molecule has 1 fully saturated rings. The van der Waals surface area contributed by atoms with Crippen molar-refractivity contribution in [2.75, 3.05) is 17.2 Å². The number of halogens is 3. The van der Waals surface area contributed by atoms with Crippen LogP contribution in [0, 0.1) is 6.92 Å². The van der Waals surface area contributed by atoms with Gasteiger partial charge < -0.3 is 10.1 Å². The Hall–Kier alpha value is -4.65. The fraction of sp³-hybridized carbons (Fsp3) is 0.258. The van der Waals surface area contributed by atoms with Crippen molar-refractivity contribution >= 4 is 34.6 Å². The summed E-state index contributed by atoms with van der Waals surface area (Å²) >= 11 is 1.24. The van der Waals surface area contributed by atoms with Crippen molar-refractivity contribution in [3.05, 3.63) is 89.7 Å². The Bertz CT molecular complexity index is 1690. The Morgan fingerprint density at radius 1 is 1.09 bits per heavy atom. The predicted octanol–water partition coefficient (Wildman–Crippen LogP) is 6.65. The zero-order chi connectivity index (χ0) is 31.4. The van der Waals surface area contributed by atoms with Gasteiger partial charge in [-0.25, -0.2) is 14.5 Å². The number of rotatable bonds is 8. The van der Waals surface area contributed by atoms with E-state index in [0.717, 1.165) is 27.9 Å². The number of nitrogens with one attached hydrogen (secondary N) is 1. The average Bonchev–Trinajstić information content (AvgIpc) is 3.60. The second-order valence-electron chi connectivity index (χ2n) is 10.4. The lowest BCUT2D eigenvalue weighted by Crippen LogP contribution is -2.32. The molecule has 0 spiro atoms. The zero-order valence-corrected chi connectivity index (χ0v) is 24.9. The van der Waals surface area contributed by atoms with Gasteiger partial charge in [-0.1, -0.05) is 67.6 Å². The molecule has 13 heteroatoms. The van der Waals surface area contributed by atoms with Crippen LogP contribution in [0.4, 0.5) is 23.7 Å². The molecule has 2 heterocycles.